The normalized spacial score (nSPS) is 32.8. The van der Waals surface area contributed by atoms with E-state index in [4.69, 9.17) is 0 Å². The topological polar surface area (TPSA) is 38.7 Å². The highest BCUT2D eigenvalue weighted by Crippen LogP contribution is 2.78. The van der Waals surface area contributed by atoms with Crippen molar-refractivity contribution in [2.45, 2.75) is 30.9 Å². The molecule has 3 aliphatic carbocycles. The number of hydrogen-bond donors (Lipinski definition) is 0. The standard InChI is InChI=1S/C13H10F3N3/c14-13(15,16)12-4-11(5-12,6-12)9-8-2-1-3-17-10(8)19-7-18-9/h1-3,7H,4-6H2. The minimum atomic E-state index is -4.09. The van der Waals surface area contributed by atoms with Gasteiger partial charge in [-0.3, -0.25) is 0 Å². The van der Waals surface area contributed by atoms with Crippen molar-refractivity contribution in [1.82, 2.24) is 15.0 Å². The fraction of sp³-hybridized carbons (Fsp3) is 0.462. The van der Waals surface area contributed by atoms with Crippen LogP contribution >= 0.6 is 0 Å². The Bertz CT molecular complexity index is 655. The zero-order valence-corrected chi connectivity index (χ0v) is 9.91. The van der Waals surface area contributed by atoms with Gasteiger partial charge in [-0.25, -0.2) is 15.0 Å². The van der Waals surface area contributed by atoms with Crippen LogP contribution in [0.3, 0.4) is 0 Å². The van der Waals surface area contributed by atoms with Gasteiger partial charge in [0.2, 0.25) is 0 Å². The van der Waals surface area contributed by atoms with Crippen molar-refractivity contribution in [2.24, 2.45) is 5.41 Å². The fourth-order valence-corrected chi connectivity index (χ4v) is 3.66. The minimum Gasteiger partial charge on any atom is -0.240 e. The maximum atomic E-state index is 12.9. The molecule has 0 unspecified atom stereocenters. The largest absolute Gasteiger partial charge is 0.394 e. The van der Waals surface area contributed by atoms with Crippen LogP contribution in [0.2, 0.25) is 0 Å². The molecule has 0 N–H and O–H groups in total. The zero-order chi connectivity index (χ0) is 13.3. The second-order valence-electron chi connectivity index (χ2n) is 5.69. The molecule has 0 aliphatic heterocycles. The Labute approximate surface area is 106 Å². The Morgan fingerprint density at radius 2 is 1.79 bits per heavy atom. The molecular weight excluding hydrogens is 255 g/mol. The minimum absolute atomic E-state index is 0.157. The van der Waals surface area contributed by atoms with E-state index in [9.17, 15) is 13.2 Å². The van der Waals surface area contributed by atoms with Crippen molar-refractivity contribution < 1.29 is 13.2 Å². The summed E-state index contributed by atoms with van der Waals surface area (Å²) >= 11 is 0. The van der Waals surface area contributed by atoms with Gasteiger partial charge in [0.25, 0.3) is 0 Å². The second kappa shape index (κ2) is 3.05. The Balaban J connectivity index is 1.76. The number of nitrogens with zero attached hydrogens (tertiary/aromatic N) is 3. The van der Waals surface area contributed by atoms with Crippen molar-refractivity contribution in [3.05, 3.63) is 30.4 Å². The summed E-state index contributed by atoms with van der Waals surface area (Å²) in [6, 6.07) is 3.60. The van der Waals surface area contributed by atoms with Gasteiger partial charge >= 0.3 is 6.18 Å². The summed E-state index contributed by atoms with van der Waals surface area (Å²) in [4.78, 5) is 12.4. The van der Waals surface area contributed by atoms with Gasteiger partial charge in [0, 0.05) is 17.0 Å². The molecule has 3 nitrogen and oxygen atoms in total. The molecule has 0 radical (unpaired) electrons. The highest BCUT2D eigenvalue weighted by Gasteiger charge is 2.79. The number of aromatic nitrogens is 3. The number of fused-ring (bicyclic) bond motifs is 1. The summed E-state index contributed by atoms with van der Waals surface area (Å²) in [5.74, 6) is 0. The lowest BCUT2D eigenvalue weighted by atomic mass is 9.33. The van der Waals surface area contributed by atoms with Gasteiger partial charge in [0.1, 0.15) is 6.33 Å². The van der Waals surface area contributed by atoms with E-state index in [2.05, 4.69) is 15.0 Å². The molecule has 3 fully saturated rings. The van der Waals surface area contributed by atoms with E-state index in [1.54, 1.807) is 12.3 Å². The third-order valence-electron chi connectivity index (χ3n) is 4.54. The molecule has 2 heterocycles. The van der Waals surface area contributed by atoms with Gasteiger partial charge in [0.15, 0.2) is 5.65 Å². The van der Waals surface area contributed by atoms with Crippen LogP contribution in [0, 0.1) is 5.41 Å². The molecule has 3 saturated carbocycles. The molecule has 6 heteroatoms. The lowest BCUT2D eigenvalue weighted by Crippen LogP contribution is -2.70. The number of alkyl halides is 3. The Hall–Kier alpha value is -1.72. The van der Waals surface area contributed by atoms with Crippen molar-refractivity contribution in [3.63, 3.8) is 0 Å². The van der Waals surface area contributed by atoms with Crippen LogP contribution in [-0.4, -0.2) is 21.1 Å². The number of rotatable bonds is 1. The second-order valence-corrected chi connectivity index (χ2v) is 5.69. The zero-order valence-electron chi connectivity index (χ0n) is 9.91. The fourth-order valence-electron chi connectivity index (χ4n) is 3.66. The van der Waals surface area contributed by atoms with E-state index in [1.165, 1.54) is 6.33 Å². The summed E-state index contributed by atoms with van der Waals surface area (Å²) < 4.78 is 38.6. The molecule has 0 aromatic carbocycles. The molecule has 2 aromatic heterocycles. The number of hydrogen-bond acceptors (Lipinski definition) is 3. The predicted octanol–water partition coefficient (Wildman–Crippen LogP) is 3.01. The first-order valence-corrected chi connectivity index (χ1v) is 6.09. The van der Waals surface area contributed by atoms with Crippen LogP contribution < -0.4 is 0 Å². The van der Waals surface area contributed by atoms with Gasteiger partial charge in [0.05, 0.1) is 11.1 Å². The van der Waals surface area contributed by atoms with Crippen LogP contribution in [0.4, 0.5) is 13.2 Å². The molecule has 0 saturated heterocycles. The highest BCUT2D eigenvalue weighted by atomic mass is 19.4. The van der Waals surface area contributed by atoms with Crippen molar-refractivity contribution in [3.8, 4) is 0 Å². The molecule has 19 heavy (non-hydrogen) atoms. The van der Waals surface area contributed by atoms with E-state index >= 15 is 0 Å². The molecular formula is C13H10F3N3. The molecule has 0 spiro atoms. The van der Waals surface area contributed by atoms with E-state index in [0.29, 0.717) is 5.65 Å². The Morgan fingerprint density at radius 3 is 2.47 bits per heavy atom. The summed E-state index contributed by atoms with van der Waals surface area (Å²) in [6.07, 6.45) is -0.598. The number of pyridine rings is 1. The molecule has 98 valence electrons. The summed E-state index contributed by atoms with van der Waals surface area (Å²) in [5.41, 5.74) is -0.568. The summed E-state index contributed by atoms with van der Waals surface area (Å²) in [7, 11) is 0. The molecule has 5 rings (SSSR count). The third kappa shape index (κ3) is 1.21. The van der Waals surface area contributed by atoms with Crippen LogP contribution in [0.25, 0.3) is 11.0 Å². The SMILES string of the molecule is FC(F)(F)C12CC(c3ncnc4ncccc34)(C1)C2. The first kappa shape index (κ1) is 11.1. The molecule has 0 atom stereocenters. The maximum absolute atomic E-state index is 12.9. The first-order valence-electron chi connectivity index (χ1n) is 6.09. The first-order chi connectivity index (χ1) is 8.96. The lowest BCUT2D eigenvalue weighted by Gasteiger charge is -2.70. The third-order valence-corrected chi connectivity index (χ3v) is 4.54. The molecule has 3 aliphatic rings. The summed E-state index contributed by atoms with van der Waals surface area (Å²) in [5, 5.41) is 0.778. The highest BCUT2D eigenvalue weighted by molar-refractivity contribution is 5.78. The van der Waals surface area contributed by atoms with E-state index in [-0.39, 0.29) is 19.3 Å². The van der Waals surface area contributed by atoms with E-state index in [1.807, 2.05) is 6.07 Å². The Kier molecular flexibility index (Phi) is 1.79. The van der Waals surface area contributed by atoms with Crippen LogP contribution in [0.1, 0.15) is 25.0 Å². The van der Waals surface area contributed by atoms with Gasteiger partial charge in [-0.2, -0.15) is 13.2 Å². The number of halogens is 3. The van der Waals surface area contributed by atoms with Crippen molar-refractivity contribution in [1.29, 1.82) is 0 Å². The van der Waals surface area contributed by atoms with Crippen molar-refractivity contribution in [2.75, 3.05) is 0 Å². The van der Waals surface area contributed by atoms with Crippen molar-refractivity contribution >= 4 is 11.0 Å². The maximum Gasteiger partial charge on any atom is 0.394 e. The van der Waals surface area contributed by atoms with Gasteiger partial charge < -0.3 is 0 Å². The monoisotopic (exact) mass is 265 g/mol. The van der Waals surface area contributed by atoms with Gasteiger partial charge in [-0.05, 0) is 31.4 Å². The van der Waals surface area contributed by atoms with Crippen LogP contribution in [0.15, 0.2) is 24.7 Å². The quantitative estimate of drug-likeness (QED) is 0.795. The van der Waals surface area contributed by atoms with Gasteiger partial charge in [-0.1, -0.05) is 0 Å². The Morgan fingerprint density at radius 1 is 1.05 bits per heavy atom. The molecule has 2 bridgehead atoms. The molecule has 2 aromatic rings. The van der Waals surface area contributed by atoms with Crippen LogP contribution in [0.5, 0.6) is 0 Å². The van der Waals surface area contributed by atoms with E-state index in [0.717, 1.165) is 11.1 Å². The average Bonchev–Trinajstić information content (AvgIpc) is 2.24. The summed E-state index contributed by atoms with van der Waals surface area (Å²) in [6.45, 7) is 0. The van der Waals surface area contributed by atoms with Gasteiger partial charge in [-0.15, -0.1) is 0 Å². The lowest BCUT2D eigenvalue weighted by molar-refractivity contribution is -0.337. The predicted molar refractivity (Wildman–Crippen MR) is 61.4 cm³/mol. The smallest absolute Gasteiger partial charge is 0.240 e. The average molecular weight is 265 g/mol. The molecule has 0 amide bonds. The van der Waals surface area contributed by atoms with E-state index < -0.39 is 17.0 Å². The van der Waals surface area contributed by atoms with Crippen LogP contribution in [-0.2, 0) is 5.41 Å².